The summed E-state index contributed by atoms with van der Waals surface area (Å²) >= 11 is 0. The molecule has 0 amide bonds. The Morgan fingerprint density at radius 2 is 1.81 bits per heavy atom. The van der Waals surface area contributed by atoms with E-state index in [1.54, 1.807) is 6.07 Å². The minimum Gasteiger partial charge on any atom is -0.406 e. The lowest BCUT2D eigenvalue weighted by atomic mass is 9.99. The molecule has 1 aliphatic heterocycles. The van der Waals surface area contributed by atoms with E-state index in [1.165, 1.54) is 12.1 Å². The fourth-order valence-corrected chi connectivity index (χ4v) is 3.98. The zero-order valence-corrected chi connectivity index (χ0v) is 17.4. The summed E-state index contributed by atoms with van der Waals surface area (Å²) in [7, 11) is 0. The van der Waals surface area contributed by atoms with E-state index < -0.39 is 6.36 Å². The lowest BCUT2D eigenvalue weighted by Crippen LogP contribution is -2.31. The number of rotatable bonds is 6. The Morgan fingerprint density at radius 3 is 2.56 bits per heavy atom. The summed E-state index contributed by atoms with van der Waals surface area (Å²) in [4.78, 5) is 11.6. The molecule has 1 fully saturated rings. The Kier molecular flexibility index (Phi) is 5.36. The third-order valence-corrected chi connectivity index (χ3v) is 5.77. The summed E-state index contributed by atoms with van der Waals surface area (Å²) in [5.74, 6) is 1.76. The Labute approximate surface area is 184 Å². The molecule has 166 valence electrons. The second-order valence-electron chi connectivity index (χ2n) is 8.24. The van der Waals surface area contributed by atoms with E-state index in [4.69, 9.17) is 9.97 Å². The summed E-state index contributed by atoms with van der Waals surface area (Å²) in [6.45, 7) is 1.89. The van der Waals surface area contributed by atoms with Gasteiger partial charge in [0.1, 0.15) is 11.6 Å². The number of nitrogens with one attached hydrogen (secondary N) is 1. The second-order valence-corrected chi connectivity index (χ2v) is 8.24. The lowest BCUT2D eigenvalue weighted by molar-refractivity contribution is -0.274. The summed E-state index contributed by atoms with van der Waals surface area (Å²) in [6, 6.07) is 16.7. The predicted molar refractivity (Wildman–Crippen MR) is 116 cm³/mol. The molecule has 0 spiro atoms. The second kappa shape index (κ2) is 8.33. The molecule has 2 aliphatic rings. The predicted octanol–water partition coefficient (Wildman–Crippen LogP) is 5.43. The Hall–Kier alpha value is -3.29. The van der Waals surface area contributed by atoms with Crippen molar-refractivity contribution in [3.05, 3.63) is 77.0 Å². The third kappa shape index (κ3) is 4.95. The largest absolute Gasteiger partial charge is 0.573 e. The molecule has 0 atom stereocenters. The van der Waals surface area contributed by atoms with Gasteiger partial charge in [-0.05, 0) is 48.1 Å². The van der Waals surface area contributed by atoms with Gasteiger partial charge in [-0.3, -0.25) is 0 Å². The number of anilines is 2. The van der Waals surface area contributed by atoms with E-state index in [-0.39, 0.29) is 5.75 Å². The number of ether oxygens (including phenoxy) is 1. The van der Waals surface area contributed by atoms with Gasteiger partial charge in [0.25, 0.3) is 0 Å². The number of nitrogens with zero attached hydrogens (tertiary/aromatic N) is 3. The first kappa shape index (κ1) is 20.6. The number of alkyl halides is 3. The van der Waals surface area contributed by atoms with Crippen molar-refractivity contribution in [3.63, 3.8) is 0 Å². The summed E-state index contributed by atoms with van der Waals surface area (Å²) < 4.78 is 41.6. The van der Waals surface area contributed by atoms with Crippen LogP contribution in [0.2, 0.25) is 0 Å². The van der Waals surface area contributed by atoms with Gasteiger partial charge in [-0.25, -0.2) is 4.98 Å². The van der Waals surface area contributed by atoms with Gasteiger partial charge in [0.2, 0.25) is 5.95 Å². The van der Waals surface area contributed by atoms with Crippen LogP contribution in [0.15, 0.2) is 54.6 Å². The first-order chi connectivity index (χ1) is 15.4. The monoisotopic (exact) mass is 440 g/mol. The van der Waals surface area contributed by atoms with Gasteiger partial charge in [0.05, 0.1) is 5.69 Å². The number of fused-ring (bicyclic) bond motifs is 1. The maximum absolute atomic E-state index is 12.5. The smallest absolute Gasteiger partial charge is 0.406 e. The summed E-state index contributed by atoms with van der Waals surface area (Å²) in [5, 5.41) is 3.34. The lowest BCUT2D eigenvalue weighted by Gasteiger charge is -2.30. The first-order valence-electron chi connectivity index (χ1n) is 10.7. The molecule has 1 aromatic heterocycles. The van der Waals surface area contributed by atoms with Crippen LogP contribution in [0.4, 0.5) is 24.9 Å². The first-order valence-corrected chi connectivity index (χ1v) is 10.7. The molecule has 0 bridgehead atoms. The van der Waals surface area contributed by atoms with Crippen molar-refractivity contribution in [2.24, 2.45) is 0 Å². The van der Waals surface area contributed by atoms with E-state index in [0.717, 1.165) is 41.0 Å². The zero-order valence-electron chi connectivity index (χ0n) is 17.4. The summed E-state index contributed by atoms with van der Waals surface area (Å²) in [5.41, 5.74) is 4.06. The molecule has 0 unspecified atom stereocenters. The topological polar surface area (TPSA) is 50.3 Å². The van der Waals surface area contributed by atoms with Crippen LogP contribution >= 0.6 is 0 Å². The van der Waals surface area contributed by atoms with Crippen LogP contribution in [-0.4, -0.2) is 22.9 Å². The van der Waals surface area contributed by atoms with Crippen molar-refractivity contribution >= 4 is 11.8 Å². The number of hydrogen-bond acceptors (Lipinski definition) is 5. The van der Waals surface area contributed by atoms with Gasteiger partial charge < -0.3 is 15.0 Å². The van der Waals surface area contributed by atoms with Gasteiger partial charge in [-0.1, -0.05) is 36.4 Å². The highest BCUT2D eigenvalue weighted by Crippen LogP contribution is 2.40. The van der Waals surface area contributed by atoms with E-state index in [2.05, 4.69) is 33.2 Å². The molecule has 5 nitrogen and oxygen atoms in total. The molecule has 0 saturated heterocycles. The highest BCUT2D eigenvalue weighted by molar-refractivity contribution is 5.50. The van der Waals surface area contributed by atoms with Crippen molar-refractivity contribution in [2.75, 3.05) is 16.8 Å². The van der Waals surface area contributed by atoms with Crippen LogP contribution in [0.5, 0.6) is 5.75 Å². The molecule has 1 aliphatic carbocycles. The van der Waals surface area contributed by atoms with Crippen LogP contribution < -0.4 is 15.0 Å². The molecule has 1 saturated carbocycles. The van der Waals surface area contributed by atoms with Gasteiger partial charge in [0.15, 0.2) is 0 Å². The number of benzene rings is 2. The van der Waals surface area contributed by atoms with Crippen LogP contribution in [-0.2, 0) is 19.5 Å². The van der Waals surface area contributed by atoms with Crippen LogP contribution in [0, 0.1) is 0 Å². The van der Waals surface area contributed by atoms with Crippen LogP contribution in [0.25, 0.3) is 0 Å². The molecule has 3 aromatic rings. The fourth-order valence-electron chi connectivity index (χ4n) is 3.98. The molecule has 32 heavy (non-hydrogen) atoms. The van der Waals surface area contributed by atoms with Crippen molar-refractivity contribution in [2.45, 2.75) is 44.6 Å². The van der Waals surface area contributed by atoms with E-state index in [1.807, 2.05) is 18.2 Å². The molecular formula is C24H23F3N4O. The fraction of sp³-hybridized carbons (Fsp3) is 0.333. The third-order valence-electron chi connectivity index (χ3n) is 5.77. The maximum atomic E-state index is 12.5. The van der Waals surface area contributed by atoms with Gasteiger partial charge in [-0.15, -0.1) is 13.2 Å². The van der Waals surface area contributed by atoms with Crippen molar-refractivity contribution in [1.82, 2.24) is 9.97 Å². The van der Waals surface area contributed by atoms with Gasteiger partial charge >= 0.3 is 6.36 Å². The zero-order chi connectivity index (χ0) is 22.1. The molecular weight excluding hydrogens is 417 g/mol. The van der Waals surface area contributed by atoms with Crippen LogP contribution in [0.1, 0.15) is 41.1 Å². The molecule has 2 heterocycles. The SMILES string of the molecule is FC(F)(F)Oc1ccc2c(c1)CCN(c1cc(C3CC3)nc(NCc3ccccc3)n1)C2. The van der Waals surface area contributed by atoms with Crippen molar-refractivity contribution < 1.29 is 17.9 Å². The highest BCUT2D eigenvalue weighted by Gasteiger charge is 2.32. The molecule has 2 aromatic carbocycles. The quantitative estimate of drug-likeness (QED) is 0.554. The van der Waals surface area contributed by atoms with Gasteiger partial charge in [-0.2, -0.15) is 4.98 Å². The maximum Gasteiger partial charge on any atom is 0.573 e. The van der Waals surface area contributed by atoms with E-state index in [0.29, 0.717) is 37.9 Å². The number of hydrogen-bond donors (Lipinski definition) is 1. The molecule has 8 heteroatoms. The highest BCUT2D eigenvalue weighted by atomic mass is 19.4. The van der Waals surface area contributed by atoms with Crippen molar-refractivity contribution in [1.29, 1.82) is 0 Å². The van der Waals surface area contributed by atoms with E-state index in [9.17, 15) is 13.2 Å². The van der Waals surface area contributed by atoms with Gasteiger partial charge in [0, 0.05) is 31.6 Å². The Bertz CT molecular complexity index is 1100. The Balaban J connectivity index is 1.34. The number of aromatic nitrogens is 2. The Morgan fingerprint density at radius 1 is 1.00 bits per heavy atom. The van der Waals surface area contributed by atoms with Crippen molar-refractivity contribution in [3.8, 4) is 5.75 Å². The molecule has 1 N–H and O–H groups in total. The number of halogens is 3. The summed E-state index contributed by atoms with van der Waals surface area (Å²) in [6.07, 6.45) is -1.78. The van der Waals surface area contributed by atoms with E-state index >= 15 is 0 Å². The standard InChI is InChI=1S/C24H23F3N4O/c25-24(26,27)32-20-9-8-19-15-31(11-10-18(19)12-20)22-13-21(17-6-7-17)29-23(30-22)28-14-16-4-2-1-3-5-16/h1-5,8-9,12-13,17H,6-7,10-11,14-15H2,(H,28,29,30). The molecule has 5 rings (SSSR count). The normalized spacial score (nSPS) is 15.9. The molecule has 0 radical (unpaired) electrons. The minimum atomic E-state index is -4.68. The minimum absolute atomic E-state index is 0.171. The van der Waals surface area contributed by atoms with Crippen LogP contribution in [0.3, 0.4) is 0 Å². The average Bonchev–Trinajstić information content (AvgIpc) is 3.62. The average molecular weight is 440 g/mol.